The SMILES string of the molecule is CCC(=O)O.O.O.[Zn]. The van der Waals surface area contributed by atoms with Crippen LogP contribution in [0.2, 0.25) is 0 Å². The summed E-state index contributed by atoms with van der Waals surface area (Å²) in [6.45, 7) is 1.60. The van der Waals surface area contributed by atoms with Crippen LogP contribution in [-0.4, -0.2) is 22.0 Å². The number of aliphatic carboxylic acids is 1. The molecule has 0 fully saturated rings. The summed E-state index contributed by atoms with van der Waals surface area (Å²) in [5, 5.41) is 7.72. The van der Waals surface area contributed by atoms with Gasteiger partial charge in [-0.1, -0.05) is 6.92 Å². The Bertz CT molecular complexity index is 46.5. The van der Waals surface area contributed by atoms with Gasteiger partial charge >= 0.3 is 5.97 Å². The summed E-state index contributed by atoms with van der Waals surface area (Å²) in [5.74, 6) is -0.745. The van der Waals surface area contributed by atoms with Gasteiger partial charge in [0.2, 0.25) is 0 Å². The van der Waals surface area contributed by atoms with Crippen LogP contribution >= 0.6 is 0 Å². The minimum absolute atomic E-state index is 0. The average Bonchev–Trinajstić information content (AvgIpc) is 1.38. The minimum atomic E-state index is -0.745. The van der Waals surface area contributed by atoms with E-state index in [1.54, 1.807) is 6.92 Å². The van der Waals surface area contributed by atoms with Crippen molar-refractivity contribution in [1.29, 1.82) is 0 Å². The molecule has 0 aliphatic carbocycles. The Morgan fingerprint density at radius 3 is 1.62 bits per heavy atom. The Labute approximate surface area is 60.3 Å². The van der Waals surface area contributed by atoms with Crippen LogP contribution in [0.15, 0.2) is 0 Å². The molecule has 0 aromatic carbocycles. The number of carboxylic acid groups (broad SMARTS) is 1. The van der Waals surface area contributed by atoms with E-state index in [0.29, 0.717) is 0 Å². The van der Waals surface area contributed by atoms with Crippen molar-refractivity contribution < 1.29 is 40.3 Å². The summed E-state index contributed by atoms with van der Waals surface area (Å²) in [6.07, 6.45) is 0.222. The largest absolute Gasteiger partial charge is 0.481 e. The predicted molar refractivity (Wildman–Crippen MR) is 25.2 cm³/mol. The Balaban J connectivity index is -0.0000000267. The third kappa shape index (κ3) is 37.3. The Morgan fingerprint density at radius 2 is 1.62 bits per heavy atom. The first kappa shape index (κ1) is 24.5. The summed E-state index contributed by atoms with van der Waals surface area (Å²) >= 11 is 0. The first-order chi connectivity index (χ1) is 2.27. The van der Waals surface area contributed by atoms with E-state index in [0.717, 1.165) is 0 Å². The maximum Gasteiger partial charge on any atom is 0.303 e. The average molecular weight is 175 g/mol. The van der Waals surface area contributed by atoms with Crippen molar-refractivity contribution in [1.82, 2.24) is 0 Å². The summed E-state index contributed by atoms with van der Waals surface area (Å²) in [7, 11) is 0. The number of carboxylic acids is 1. The molecule has 0 heterocycles. The molecular formula is C3H10O4Zn. The number of carbonyl (C=O) groups is 1. The van der Waals surface area contributed by atoms with E-state index in [9.17, 15) is 4.79 Å². The van der Waals surface area contributed by atoms with E-state index < -0.39 is 5.97 Å². The minimum Gasteiger partial charge on any atom is -0.481 e. The van der Waals surface area contributed by atoms with Crippen molar-refractivity contribution in [2.75, 3.05) is 0 Å². The van der Waals surface area contributed by atoms with Crippen molar-refractivity contribution in [2.24, 2.45) is 0 Å². The number of hydrogen-bond donors (Lipinski definition) is 1. The molecule has 4 nitrogen and oxygen atoms in total. The van der Waals surface area contributed by atoms with Gasteiger partial charge in [-0.25, -0.2) is 0 Å². The molecule has 8 heavy (non-hydrogen) atoms. The monoisotopic (exact) mass is 174 g/mol. The zero-order valence-electron chi connectivity index (χ0n) is 4.77. The van der Waals surface area contributed by atoms with E-state index in [2.05, 4.69) is 0 Å². The molecule has 0 aliphatic rings. The summed E-state index contributed by atoms with van der Waals surface area (Å²) in [4.78, 5) is 9.37. The van der Waals surface area contributed by atoms with Crippen LogP contribution < -0.4 is 0 Å². The maximum absolute atomic E-state index is 9.37. The second kappa shape index (κ2) is 15.7. The fourth-order valence-electron chi connectivity index (χ4n) is 0. The molecule has 0 unspecified atom stereocenters. The van der Waals surface area contributed by atoms with Gasteiger partial charge in [-0.3, -0.25) is 4.79 Å². The van der Waals surface area contributed by atoms with Crippen LogP contribution in [0.5, 0.6) is 0 Å². The van der Waals surface area contributed by atoms with Crippen LogP contribution in [0.3, 0.4) is 0 Å². The Kier molecular flexibility index (Phi) is 48.2. The molecule has 0 spiro atoms. The van der Waals surface area contributed by atoms with Gasteiger partial charge in [0.25, 0.3) is 0 Å². The van der Waals surface area contributed by atoms with Crippen molar-refractivity contribution in [3.05, 3.63) is 0 Å². The van der Waals surface area contributed by atoms with Gasteiger partial charge in [-0.05, 0) is 0 Å². The standard InChI is InChI=1S/C3H6O2.2H2O.Zn/c1-2-3(4)5;;;/h2H2,1H3,(H,4,5);2*1H2;. The van der Waals surface area contributed by atoms with Gasteiger partial charge in [-0.2, -0.15) is 0 Å². The van der Waals surface area contributed by atoms with Crippen LogP contribution in [0.25, 0.3) is 0 Å². The Hall–Kier alpha value is 0.0134. The summed E-state index contributed by atoms with van der Waals surface area (Å²) < 4.78 is 0. The number of hydrogen-bond acceptors (Lipinski definition) is 1. The molecule has 48 valence electrons. The van der Waals surface area contributed by atoms with Gasteiger partial charge in [0.15, 0.2) is 0 Å². The topological polar surface area (TPSA) is 100 Å². The second-order valence-electron chi connectivity index (χ2n) is 0.747. The molecule has 0 rings (SSSR count). The van der Waals surface area contributed by atoms with Crippen molar-refractivity contribution in [3.63, 3.8) is 0 Å². The summed E-state index contributed by atoms with van der Waals surface area (Å²) in [6, 6.07) is 0. The predicted octanol–water partition coefficient (Wildman–Crippen LogP) is -1.17. The van der Waals surface area contributed by atoms with E-state index in [1.807, 2.05) is 0 Å². The van der Waals surface area contributed by atoms with Crippen molar-refractivity contribution in [3.8, 4) is 0 Å². The van der Waals surface area contributed by atoms with Gasteiger partial charge in [0, 0.05) is 25.9 Å². The molecule has 0 saturated carbocycles. The van der Waals surface area contributed by atoms with Crippen molar-refractivity contribution >= 4 is 5.97 Å². The van der Waals surface area contributed by atoms with Crippen molar-refractivity contribution in [2.45, 2.75) is 13.3 Å². The molecule has 0 saturated heterocycles. The van der Waals surface area contributed by atoms with Crippen LogP contribution in [0.1, 0.15) is 13.3 Å². The molecule has 0 aliphatic heterocycles. The van der Waals surface area contributed by atoms with Crippen LogP contribution in [0, 0.1) is 0 Å². The molecule has 0 aromatic rings. The third-order valence-electron chi connectivity index (χ3n) is 0.302. The second-order valence-corrected chi connectivity index (χ2v) is 0.747. The van der Waals surface area contributed by atoms with Crippen LogP contribution in [0.4, 0.5) is 0 Å². The number of rotatable bonds is 1. The molecule has 5 heteroatoms. The molecule has 0 atom stereocenters. The molecule has 0 bridgehead atoms. The summed E-state index contributed by atoms with van der Waals surface area (Å²) in [5.41, 5.74) is 0. The van der Waals surface area contributed by atoms with E-state index >= 15 is 0 Å². The Morgan fingerprint density at radius 1 is 1.50 bits per heavy atom. The molecule has 0 amide bonds. The quantitative estimate of drug-likeness (QED) is 0.508. The first-order valence-electron chi connectivity index (χ1n) is 1.49. The van der Waals surface area contributed by atoms with Gasteiger partial charge in [0.05, 0.1) is 0 Å². The van der Waals surface area contributed by atoms with E-state index in [-0.39, 0.29) is 36.9 Å². The van der Waals surface area contributed by atoms with Gasteiger partial charge in [0.1, 0.15) is 0 Å². The normalized spacial score (nSPS) is 4.62. The smallest absolute Gasteiger partial charge is 0.303 e. The fourth-order valence-corrected chi connectivity index (χ4v) is 0. The zero-order chi connectivity index (χ0) is 4.28. The molecule has 5 N–H and O–H groups in total. The third-order valence-corrected chi connectivity index (χ3v) is 0.302. The van der Waals surface area contributed by atoms with Crippen LogP contribution in [-0.2, 0) is 24.3 Å². The van der Waals surface area contributed by atoms with E-state index in [4.69, 9.17) is 5.11 Å². The maximum atomic E-state index is 9.37. The molecular weight excluding hydrogens is 165 g/mol. The fraction of sp³-hybridized carbons (Fsp3) is 0.667. The first-order valence-corrected chi connectivity index (χ1v) is 1.49. The van der Waals surface area contributed by atoms with Gasteiger partial charge < -0.3 is 16.1 Å². The molecule has 0 radical (unpaired) electrons. The van der Waals surface area contributed by atoms with E-state index in [1.165, 1.54) is 0 Å². The van der Waals surface area contributed by atoms with Gasteiger partial charge in [-0.15, -0.1) is 0 Å². The molecule has 0 aromatic heterocycles. The zero-order valence-corrected chi connectivity index (χ0v) is 7.74.